The Bertz CT molecular complexity index is 2820. The SMILES string of the molecule is CC[C@@H]1c2cc3[nH]c4c(c3C)C(=O)C(C(=O)OC)c4c3nc(cc4[nH]c(cc(n2)[C@H]1C)c(C(C)=O)c4C)[C@H](C)[C@H]3CCCC(=O)NCCCC(NC(=O)c1nc[nH]c1/N=N/C(C)C)C(=O)O. The van der Waals surface area contributed by atoms with Gasteiger partial charge in [-0.1, -0.05) is 20.8 Å². The van der Waals surface area contributed by atoms with E-state index in [0.29, 0.717) is 68.6 Å². The van der Waals surface area contributed by atoms with Gasteiger partial charge in [0.2, 0.25) is 5.91 Å². The maximum Gasteiger partial charge on any atom is 0.326 e. The first kappa shape index (κ1) is 47.1. The number of hydrogen-bond acceptors (Lipinski definition) is 12. The summed E-state index contributed by atoms with van der Waals surface area (Å²) < 4.78 is 5.25. The predicted octanol–water partition coefficient (Wildman–Crippen LogP) is 7.94. The molecule has 0 saturated heterocycles. The number of ether oxygens (including phenoxy) is 1. The Morgan fingerprint density at radius 3 is 2.29 bits per heavy atom. The third-order valence-electron chi connectivity index (χ3n) is 13.2. The van der Waals surface area contributed by atoms with Gasteiger partial charge in [-0.15, -0.1) is 5.11 Å². The van der Waals surface area contributed by atoms with E-state index in [1.165, 1.54) is 13.4 Å². The van der Waals surface area contributed by atoms with Crippen LogP contribution in [0, 0.1) is 13.8 Å². The molecule has 6 heterocycles. The van der Waals surface area contributed by atoms with Gasteiger partial charge in [-0.3, -0.25) is 33.9 Å². The van der Waals surface area contributed by atoms with E-state index in [0.717, 1.165) is 23.4 Å². The van der Waals surface area contributed by atoms with E-state index in [-0.39, 0.29) is 84.5 Å². The third-order valence-corrected chi connectivity index (χ3v) is 13.2. The zero-order valence-corrected chi connectivity index (χ0v) is 38.8. The lowest BCUT2D eigenvalue weighted by Gasteiger charge is -2.19. The summed E-state index contributed by atoms with van der Waals surface area (Å²) in [5.41, 5.74) is 8.33. The number of aryl methyl sites for hydroxylation is 2. The minimum atomic E-state index is -1.25. The summed E-state index contributed by atoms with van der Waals surface area (Å²) in [6.45, 7) is 15.4. The summed E-state index contributed by atoms with van der Waals surface area (Å²) in [6.07, 6.45) is 3.42. The fraction of sp³-hybridized carbons (Fsp3) is 0.479. The number of ketones is 2. The van der Waals surface area contributed by atoms with Crippen LogP contribution in [0.1, 0.15) is 180 Å². The summed E-state index contributed by atoms with van der Waals surface area (Å²) in [5.74, 6) is -4.92. The quantitative estimate of drug-likeness (QED) is 0.0207. The largest absolute Gasteiger partial charge is 0.480 e. The first-order chi connectivity index (χ1) is 31.4. The topological polar surface area (TPSA) is 267 Å². The summed E-state index contributed by atoms with van der Waals surface area (Å²) in [6, 6.07) is 4.51. The van der Waals surface area contributed by atoms with E-state index in [1.807, 2.05) is 52.8 Å². The van der Waals surface area contributed by atoms with Crippen LogP contribution in [0.3, 0.4) is 0 Å². The number of H-pyrrole nitrogens is 3. The second-order valence-corrected chi connectivity index (χ2v) is 17.8. The molecule has 0 aromatic carbocycles. The molecule has 18 nitrogen and oxygen atoms in total. The number of carbonyl (C=O) groups is 6. The minimum absolute atomic E-state index is 0.0427. The number of amides is 2. The standard InChI is InChI=1S/C48H58N10O8/c1-10-27-22(4)30-19-35-37(26(8)59)24(6)32(53-35)17-31-23(5)28(41(54-31)39-40(48(65)66-9)44(61)38-25(7)33(55-42(38)39)18-34(27)52-30)13-11-15-36(60)49-16-12-14-29(47(63)64)56-46(62)43-45(51-20-50-43)58-57-21(2)3/h17-23,27-29,40,53,55H,10-16H2,1-9H3,(H,49,60)(H,50,51)(H,56,62)(H,63,64)/b30-19?,31-17?,32-17?,33-18?,34-18?,35-19?,41-39?,58-57+/t22-,23+,27-,28+,29?,40?/m0/s1. The number of carboxylic acids is 1. The van der Waals surface area contributed by atoms with E-state index >= 15 is 0 Å². The van der Waals surface area contributed by atoms with Gasteiger partial charge in [0, 0.05) is 81.4 Å². The van der Waals surface area contributed by atoms with Gasteiger partial charge < -0.3 is 35.4 Å². The summed E-state index contributed by atoms with van der Waals surface area (Å²) in [7, 11) is 1.26. The van der Waals surface area contributed by atoms with Crippen LogP contribution in [0.5, 0.6) is 0 Å². The highest BCUT2D eigenvalue weighted by Gasteiger charge is 2.45. The number of aromatic nitrogens is 6. The average molecular weight is 903 g/mol. The van der Waals surface area contributed by atoms with E-state index in [9.17, 15) is 33.9 Å². The number of rotatable bonds is 16. The Hall–Kier alpha value is -6.85. The van der Waals surface area contributed by atoms with Crippen molar-refractivity contribution in [3.05, 3.63) is 80.8 Å². The van der Waals surface area contributed by atoms with Crippen molar-refractivity contribution in [2.45, 2.75) is 136 Å². The number of Topliss-reactive ketones (excluding diaryl/α,β-unsaturated/α-hetero) is 2. The first-order valence-corrected chi connectivity index (χ1v) is 22.6. The van der Waals surface area contributed by atoms with Crippen LogP contribution in [0.4, 0.5) is 5.82 Å². The van der Waals surface area contributed by atoms with Gasteiger partial charge in [0.15, 0.2) is 23.1 Å². The van der Waals surface area contributed by atoms with Crippen molar-refractivity contribution in [3.8, 4) is 0 Å². The number of esters is 1. The lowest BCUT2D eigenvalue weighted by atomic mass is 9.83. The zero-order chi connectivity index (χ0) is 47.7. The van der Waals surface area contributed by atoms with Gasteiger partial charge >= 0.3 is 11.9 Å². The molecule has 6 atom stereocenters. The van der Waals surface area contributed by atoms with E-state index in [4.69, 9.17) is 14.7 Å². The lowest BCUT2D eigenvalue weighted by Crippen LogP contribution is -2.41. The number of aromatic amines is 3. The molecule has 348 valence electrons. The van der Waals surface area contributed by atoms with E-state index < -0.39 is 29.8 Å². The van der Waals surface area contributed by atoms with Crippen molar-refractivity contribution in [3.63, 3.8) is 0 Å². The number of methoxy groups -OCH3 is 1. The molecular weight excluding hydrogens is 845 g/mol. The number of nitrogens with zero attached hydrogens (tertiary/aromatic N) is 5. The second-order valence-electron chi connectivity index (χ2n) is 17.8. The Morgan fingerprint density at radius 2 is 1.61 bits per heavy atom. The molecule has 3 aliphatic rings. The zero-order valence-electron chi connectivity index (χ0n) is 38.8. The van der Waals surface area contributed by atoms with Crippen molar-refractivity contribution in [2.75, 3.05) is 13.7 Å². The molecule has 0 fully saturated rings. The van der Waals surface area contributed by atoms with Gasteiger partial charge in [-0.25, -0.2) is 9.78 Å². The number of nitrogens with one attached hydrogen (secondary N) is 5. The Morgan fingerprint density at radius 1 is 0.924 bits per heavy atom. The molecule has 66 heavy (non-hydrogen) atoms. The molecule has 1 aliphatic carbocycles. The summed E-state index contributed by atoms with van der Waals surface area (Å²) in [4.78, 5) is 103. The number of carbonyl (C=O) groups excluding carboxylic acids is 5. The van der Waals surface area contributed by atoms with Gasteiger partial charge in [0.25, 0.3) is 5.91 Å². The predicted molar refractivity (Wildman–Crippen MR) is 245 cm³/mol. The molecule has 8 bridgehead atoms. The van der Waals surface area contributed by atoms with Gasteiger partial charge in [0.05, 0.1) is 36.2 Å². The molecule has 0 radical (unpaired) electrons. The van der Waals surface area contributed by atoms with E-state index in [1.54, 1.807) is 6.92 Å². The monoisotopic (exact) mass is 902 g/mol. The molecule has 7 rings (SSSR count). The van der Waals surface area contributed by atoms with Crippen LogP contribution in [0.15, 0.2) is 34.8 Å². The molecule has 2 amide bonds. The Labute approximate surface area is 381 Å². The third kappa shape index (κ3) is 9.04. The summed E-state index contributed by atoms with van der Waals surface area (Å²) >= 11 is 0. The highest BCUT2D eigenvalue weighted by Crippen LogP contribution is 2.48. The van der Waals surface area contributed by atoms with Gasteiger partial charge in [0.1, 0.15) is 12.0 Å². The maximum absolute atomic E-state index is 14.4. The van der Waals surface area contributed by atoms with Crippen LogP contribution in [0.25, 0.3) is 22.1 Å². The molecule has 18 heteroatoms. The van der Waals surface area contributed by atoms with Crippen molar-refractivity contribution in [1.29, 1.82) is 0 Å². The molecule has 2 unspecified atom stereocenters. The molecule has 4 aromatic heterocycles. The Balaban J connectivity index is 1.17. The number of carboxylic acid groups (broad SMARTS) is 1. The van der Waals surface area contributed by atoms with Crippen LogP contribution in [-0.2, 0) is 19.1 Å². The van der Waals surface area contributed by atoms with Crippen LogP contribution in [0.2, 0.25) is 0 Å². The van der Waals surface area contributed by atoms with Crippen LogP contribution in [-0.4, -0.2) is 96.1 Å². The van der Waals surface area contributed by atoms with Crippen molar-refractivity contribution < 1.29 is 38.6 Å². The molecule has 6 N–H and O–H groups in total. The van der Waals surface area contributed by atoms with Crippen LogP contribution >= 0.6 is 0 Å². The van der Waals surface area contributed by atoms with Crippen molar-refractivity contribution in [1.82, 2.24) is 40.5 Å². The fourth-order valence-electron chi connectivity index (χ4n) is 9.62. The molecule has 4 aromatic rings. The molecule has 2 aliphatic heterocycles. The Kier molecular flexibility index (Phi) is 13.8. The van der Waals surface area contributed by atoms with E-state index in [2.05, 4.69) is 54.6 Å². The highest BCUT2D eigenvalue weighted by molar-refractivity contribution is 6.23. The lowest BCUT2D eigenvalue weighted by molar-refractivity contribution is -0.141. The van der Waals surface area contributed by atoms with Crippen molar-refractivity contribution in [2.24, 2.45) is 10.2 Å². The maximum atomic E-state index is 14.4. The highest BCUT2D eigenvalue weighted by atomic mass is 16.5. The number of azo groups is 1. The molecule has 0 saturated carbocycles. The number of aliphatic carboxylic acids is 1. The average Bonchev–Trinajstić information content (AvgIpc) is 4.11. The fourth-order valence-corrected chi connectivity index (χ4v) is 9.62. The van der Waals surface area contributed by atoms with Crippen molar-refractivity contribution >= 4 is 63.2 Å². The number of fused-ring (bicyclic) bond motifs is 8. The first-order valence-electron chi connectivity index (χ1n) is 22.6. The summed E-state index contributed by atoms with van der Waals surface area (Å²) in [5, 5.41) is 23.2. The second kappa shape index (κ2) is 19.3. The molecular formula is C48H58N10O8. The smallest absolute Gasteiger partial charge is 0.326 e. The van der Waals surface area contributed by atoms with Gasteiger partial charge in [-0.05, 0) is 96.0 Å². The number of hydrogen-bond donors (Lipinski definition) is 6. The normalized spacial score (nSPS) is 19.4. The molecule has 0 spiro atoms. The number of imidazole rings is 1. The minimum Gasteiger partial charge on any atom is -0.480 e. The van der Waals surface area contributed by atoms with Crippen LogP contribution < -0.4 is 10.6 Å². The van der Waals surface area contributed by atoms with Gasteiger partial charge in [-0.2, -0.15) is 5.11 Å².